The molecule has 1 fully saturated rings. The fraction of sp³-hybridized carbons (Fsp3) is 0.824. The van der Waals surface area contributed by atoms with Crippen LogP contribution in [-0.2, 0) is 19.4 Å². The average Bonchev–Trinajstić information content (AvgIpc) is 3.06. The van der Waals surface area contributed by atoms with Gasteiger partial charge in [-0.15, -0.1) is 0 Å². The summed E-state index contributed by atoms with van der Waals surface area (Å²) in [5.41, 5.74) is 2.71. The second kappa shape index (κ2) is 7.82. The first-order chi connectivity index (χ1) is 9.78. The summed E-state index contributed by atoms with van der Waals surface area (Å²) in [6, 6.07) is 2.33. The lowest BCUT2D eigenvalue weighted by Gasteiger charge is -2.20. The van der Waals surface area contributed by atoms with Crippen LogP contribution in [0.25, 0.3) is 0 Å². The van der Waals surface area contributed by atoms with Crippen molar-refractivity contribution in [3.05, 3.63) is 17.5 Å². The summed E-state index contributed by atoms with van der Waals surface area (Å²) < 4.78 is 2.22. The Morgan fingerprint density at radius 2 is 2.05 bits per heavy atom. The molecule has 1 aliphatic rings. The van der Waals surface area contributed by atoms with Gasteiger partial charge in [-0.1, -0.05) is 20.3 Å². The smallest absolute Gasteiger partial charge is 0.0624 e. The molecular weight excluding hydrogens is 246 g/mol. The summed E-state index contributed by atoms with van der Waals surface area (Å²) in [5.74, 6) is 1.72. The van der Waals surface area contributed by atoms with Crippen LogP contribution in [0.4, 0.5) is 0 Å². The highest BCUT2D eigenvalue weighted by Gasteiger charge is 2.27. The normalized spacial score (nSPS) is 22.6. The van der Waals surface area contributed by atoms with Crippen molar-refractivity contribution in [1.82, 2.24) is 15.1 Å². The summed E-state index contributed by atoms with van der Waals surface area (Å²) >= 11 is 0. The topological polar surface area (TPSA) is 29.9 Å². The molecule has 0 spiro atoms. The van der Waals surface area contributed by atoms with Crippen LogP contribution in [0.3, 0.4) is 0 Å². The second-order valence-electron chi connectivity index (χ2n) is 6.16. The van der Waals surface area contributed by atoms with Crippen molar-refractivity contribution >= 4 is 0 Å². The zero-order valence-electron chi connectivity index (χ0n) is 13.5. The Bertz CT molecular complexity index is 397. The summed E-state index contributed by atoms with van der Waals surface area (Å²) in [6.45, 7) is 10.0. The van der Waals surface area contributed by atoms with Crippen LogP contribution in [0, 0.1) is 11.8 Å². The van der Waals surface area contributed by atoms with E-state index < -0.39 is 0 Å². The van der Waals surface area contributed by atoms with Crippen LogP contribution in [0.15, 0.2) is 6.07 Å². The van der Waals surface area contributed by atoms with Crippen LogP contribution in [0.2, 0.25) is 0 Å². The quantitative estimate of drug-likeness (QED) is 0.738. The third-order valence-electron chi connectivity index (χ3n) is 4.70. The van der Waals surface area contributed by atoms with Gasteiger partial charge in [0, 0.05) is 12.2 Å². The summed E-state index contributed by atoms with van der Waals surface area (Å²) in [4.78, 5) is 0. The fourth-order valence-corrected chi connectivity index (χ4v) is 3.51. The summed E-state index contributed by atoms with van der Waals surface area (Å²) in [6.07, 6.45) is 7.71. The number of rotatable bonds is 8. The van der Waals surface area contributed by atoms with Gasteiger partial charge in [0.05, 0.1) is 5.69 Å². The van der Waals surface area contributed by atoms with Crippen molar-refractivity contribution in [2.24, 2.45) is 11.8 Å². The van der Waals surface area contributed by atoms with Gasteiger partial charge in [-0.3, -0.25) is 4.68 Å². The molecule has 3 heteroatoms. The molecule has 2 unspecified atom stereocenters. The minimum atomic E-state index is 0.853. The van der Waals surface area contributed by atoms with E-state index in [1.807, 2.05) is 0 Å². The first-order valence-corrected chi connectivity index (χ1v) is 8.54. The maximum atomic E-state index is 4.69. The molecule has 2 atom stereocenters. The Labute approximate surface area is 124 Å². The van der Waals surface area contributed by atoms with E-state index in [0.29, 0.717) is 0 Å². The zero-order chi connectivity index (χ0) is 14.4. The van der Waals surface area contributed by atoms with Crippen molar-refractivity contribution in [3.8, 4) is 0 Å². The molecule has 0 radical (unpaired) electrons. The molecule has 0 saturated heterocycles. The van der Waals surface area contributed by atoms with Crippen LogP contribution in [-0.4, -0.2) is 22.9 Å². The number of hydrogen-bond donors (Lipinski definition) is 1. The van der Waals surface area contributed by atoms with Crippen molar-refractivity contribution in [2.75, 3.05) is 13.1 Å². The van der Waals surface area contributed by atoms with Crippen molar-refractivity contribution in [1.29, 1.82) is 0 Å². The van der Waals surface area contributed by atoms with Gasteiger partial charge >= 0.3 is 0 Å². The van der Waals surface area contributed by atoms with E-state index in [4.69, 9.17) is 5.10 Å². The second-order valence-corrected chi connectivity index (χ2v) is 6.16. The van der Waals surface area contributed by atoms with Gasteiger partial charge < -0.3 is 5.32 Å². The highest BCUT2D eigenvalue weighted by molar-refractivity contribution is 5.12. The standard InChI is InChI=1S/C17H31N3/c1-4-10-18-13-15-9-7-8-14(15)11-17-12-16(5-2)19-20(17)6-3/h12,14-15,18H,4-11,13H2,1-3H3. The fourth-order valence-electron chi connectivity index (χ4n) is 3.51. The molecule has 0 amide bonds. The number of aryl methyl sites for hydroxylation is 2. The summed E-state index contributed by atoms with van der Waals surface area (Å²) in [5, 5.41) is 8.31. The molecule has 0 aliphatic heterocycles. The molecule has 1 heterocycles. The number of hydrogen-bond acceptors (Lipinski definition) is 2. The van der Waals surface area contributed by atoms with Gasteiger partial charge in [0.1, 0.15) is 0 Å². The largest absolute Gasteiger partial charge is 0.316 e. The molecule has 1 saturated carbocycles. The Kier molecular flexibility index (Phi) is 6.08. The molecule has 1 N–H and O–H groups in total. The molecule has 1 aliphatic carbocycles. The molecule has 114 valence electrons. The van der Waals surface area contributed by atoms with Crippen LogP contribution in [0.5, 0.6) is 0 Å². The SMILES string of the molecule is CCCNCC1CCCC1Cc1cc(CC)nn1CC. The Balaban J connectivity index is 1.95. The van der Waals surface area contributed by atoms with Crippen LogP contribution in [0.1, 0.15) is 57.8 Å². The van der Waals surface area contributed by atoms with E-state index >= 15 is 0 Å². The van der Waals surface area contributed by atoms with E-state index in [2.05, 4.69) is 36.8 Å². The van der Waals surface area contributed by atoms with Gasteiger partial charge in [0.15, 0.2) is 0 Å². The molecule has 20 heavy (non-hydrogen) atoms. The predicted octanol–water partition coefficient (Wildman–Crippen LogP) is 3.42. The van der Waals surface area contributed by atoms with E-state index in [0.717, 1.165) is 31.3 Å². The van der Waals surface area contributed by atoms with Gasteiger partial charge in [-0.2, -0.15) is 5.10 Å². The third-order valence-corrected chi connectivity index (χ3v) is 4.70. The molecule has 3 nitrogen and oxygen atoms in total. The molecular formula is C17H31N3. The van der Waals surface area contributed by atoms with Crippen LogP contribution >= 0.6 is 0 Å². The van der Waals surface area contributed by atoms with Crippen molar-refractivity contribution < 1.29 is 0 Å². The van der Waals surface area contributed by atoms with E-state index in [9.17, 15) is 0 Å². The maximum absolute atomic E-state index is 4.69. The number of nitrogens with one attached hydrogen (secondary N) is 1. The third kappa shape index (κ3) is 3.85. The van der Waals surface area contributed by atoms with Crippen molar-refractivity contribution in [3.63, 3.8) is 0 Å². The van der Waals surface area contributed by atoms with Crippen LogP contribution < -0.4 is 5.32 Å². The van der Waals surface area contributed by atoms with E-state index in [-0.39, 0.29) is 0 Å². The lowest BCUT2D eigenvalue weighted by molar-refractivity contribution is 0.357. The lowest BCUT2D eigenvalue weighted by atomic mass is 9.91. The molecule has 0 bridgehead atoms. The molecule has 1 aromatic rings. The maximum Gasteiger partial charge on any atom is 0.0624 e. The van der Waals surface area contributed by atoms with Gasteiger partial charge in [-0.05, 0) is 70.0 Å². The predicted molar refractivity (Wildman–Crippen MR) is 85.0 cm³/mol. The molecule has 2 rings (SSSR count). The molecule has 0 aromatic carbocycles. The van der Waals surface area contributed by atoms with Crippen molar-refractivity contribution in [2.45, 2.75) is 65.8 Å². The van der Waals surface area contributed by atoms with Gasteiger partial charge in [-0.25, -0.2) is 0 Å². The minimum Gasteiger partial charge on any atom is -0.316 e. The summed E-state index contributed by atoms with van der Waals surface area (Å²) in [7, 11) is 0. The lowest BCUT2D eigenvalue weighted by Crippen LogP contribution is -2.27. The number of nitrogens with zero attached hydrogens (tertiary/aromatic N) is 2. The zero-order valence-corrected chi connectivity index (χ0v) is 13.5. The average molecular weight is 277 g/mol. The van der Waals surface area contributed by atoms with E-state index in [1.165, 1.54) is 50.0 Å². The first-order valence-electron chi connectivity index (χ1n) is 8.54. The highest BCUT2D eigenvalue weighted by Crippen LogP contribution is 2.34. The Hall–Kier alpha value is -0.830. The Morgan fingerprint density at radius 1 is 1.25 bits per heavy atom. The monoisotopic (exact) mass is 277 g/mol. The van der Waals surface area contributed by atoms with Gasteiger partial charge in [0.25, 0.3) is 0 Å². The highest BCUT2D eigenvalue weighted by atomic mass is 15.3. The minimum absolute atomic E-state index is 0.853. The Morgan fingerprint density at radius 3 is 2.75 bits per heavy atom. The number of aromatic nitrogens is 2. The molecule has 1 aromatic heterocycles. The first kappa shape index (κ1) is 15.6. The van der Waals surface area contributed by atoms with E-state index in [1.54, 1.807) is 0 Å². The van der Waals surface area contributed by atoms with Gasteiger partial charge in [0.2, 0.25) is 0 Å².